The number of halogens is 1. The van der Waals surface area contributed by atoms with Crippen molar-refractivity contribution in [1.82, 2.24) is 15.3 Å². The smallest absolute Gasteiger partial charge is 0.264 e. The topological polar surface area (TPSA) is 105 Å². The molecule has 0 spiro atoms. The normalized spacial score (nSPS) is 16.7. The van der Waals surface area contributed by atoms with Gasteiger partial charge in [0.15, 0.2) is 5.17 Å². The minimum absolute atomic E-state index is 0.287. The van der Waals surface area contributed by atoms with E-state index in [2.05, 4.69) is 20.3 Å². The summed E-state index contributed by atoms with van der Waals surface area (Å²) in [5.41, 5.74) is 3.10. The number of hydrogen-bond donors (Lipinski definition) is 1. The zero-order valence-corrected chi connectivity index (χ0v) is 20.4. The average molecular weight is 502 g/mol. The highest BCUT2D eigenvalue weighted by Crippen LogP contribution is 2.35. The number of nitrogens with one attached hydrogen (secondary N) is 1. The number of fused-ring (bicyclic) bond motifs is 1. The average Bonchev–Trinajstić information content (AvgIpc) is 3.07. The van der Waals surface area contributed by atoms with Gasteiger partial charge in [-0.05, 0) is 67.6 Å². The maximum absolute atomic E-state index is 12.5. The molecule has 2 aromatic carbocycles. The highest BCUT2D eigenvalue weighted by Gasteiger charge is 2.25. The molecule has 11 heteroatoms. The third kappa shape index (κ3) is 5.18. The number of carbonyl (C=O) groups excluding carboxylic acids is 1. The molecule has 1 amide bonds. The third-order valence-electron chi connectivity index (χ3n) is 4.67. The standard InChI is InChI=1S/C22H20ClN5O3S2/c1-13(2)28(33(3,30)31)15-5-6-16(23)18(12-15)26-22-27-21(29)20(32-22)11-14-4-7-17-19(10-14)25-9-8-24-17/h4-13H,1-3H3,(H,26,27,29)/b20-11-. The lowest BCUT2D eigenvalue weighted by Gasteiger charge is -2.26. The summed E-state index contributed by atoms with van der Waals surface area (Å²) in [6, 6.07) is 10.1. The molecule has 0 unspecified atom stereocenters. The van der Waals surface area contributed by atoms with E-state index in [9.17, 15) is 13.2 Å². The lowest BCUT2D eigenvalue weighted by molar-refractivity contribution is -0.115. The number of benzene rings is 2. The van der Waals surface area contributed by atoms with Gasteiger partial charge in [0.05, 0.1) is 38.6 Å². The molecule has 1 aromatic heterocycles. The van der Waals surface area contributed by atoms with Crippen molar-refractivity contribution < 1.29 is 13.2 Å². The molecule has 1 aliphatic rings. The molecule has 0 aliphatic carbocycles. The van der Waals surface area contributed by atoms with Crippen molar-refractivity contribution in [3.63, 3.8) is 0 Å². The number of sulfonamides is 1. The fourth-order valence-corrected chi connectivity index (χ4v) is 5.66. The predicted octanol–water partition coefficient (Wildman–Crippen LogP) is 4.35. The lowest BCUT2D eigenvalue weighted by Crippen LogP contribution is -2.36. The first-order valence-corrected chi connectivity index (χ1v) is 13.0. The quantitative estimate of drug-likeness (QED) is 0.521. The van der Waals surface area contributed by atoms with Crippen LogP contribution in [0.3, 0.4) is 0 Å². The van der Waals surface area contributed by atoms with Crippen molar-refractivity contribution in [2.75, 3.05) is 10.6 Å². The maximum Gasteiger partial charge on any atom is 0.264 e. The van der Waals surface area contributed by atoms with Crippen molar-refractivity contribution in [3.8, 4) is 0 Å². The van der Waals surface area contributed by atoms with Crippen molar-refractivity contribution in [3.05, 3.63) is 64.3 Å². The molecule has 0 saturated carbocycles. The number of hydrogen-bond acceptors (Lipinski definition) is 7. The second-order valence-electron chi connectivity index (χ2n) is 7.57. The minimum atomic E-state index is -3.49. The number of carbonyl (C=O) groups is 1. The predicted molar refractivity (Wildman–Crippen MR) is 134 cm³/mol. The van der Waals surface area contributed by atoms with Crippen LogP contribution in [-0.2, 0) is 14.8 Å². The molecule has 1 fully saturated rings. The summed E-state index contributed by atoms with van der Waals surface area (Å²) >= 11 is 7.48. The monoisotopic (exact) mass is 501 g/mol. The third-order valence-corrected chi connectivity index (χ3v) is 7.25. The second-order valence-corrected chi connectivity index (χ2v) is 10.9. The van der Waals surface area contributed by atoms with Gasteiger partial charge in [0.2, 0.25) is 10.0 Å². The molecular weight excluding hydrogens is 482 g/mol. The van der Waals surface area contributed by atoms with E-state index in [0.29, 0.717) is 26.5 Å². The zero-order chi connectivity index (χ0) is 23.8. The van der Waals surface area contributed by atoms with Crippen LogP contribution in [0.2, 0.25) is 5.02 Å². The fraction of sp³-hybridized carbons (Fsp3) is 0.182. The minimum Gasteiger partial charge on any atom is -0.300 e. The Kier molecular flexibility index (Phi) is 6.42. The summed E-state index contributed by atoms with van der Waals surface area (Å²) < 4.78 is 25.8. The van der Waals surface area contributed by atoms with Crippen LogP contribution in [0.15, 0.2) is 58.7 Å². The van der Waals surface area contributed by atoms with Gasteiger partial charge in [0.25, 0.3) is 5.91 Å². The Morgan fingerprint density at radius 3 is 2.55 bits per heavy atom. The molecular formula is C22H20ClN5O3S2. The van der Waals surface area contributed by atoms with Crippen LogP contribution in [0.1, 0.15) is 19.4 Å². The van der Waals surface area contributed by atoms with Gasteiger partial charge in [-0.1, -0.05) is 17.7 Å². The van der Waals surface area contributed by atoms with E-state index in [1.807, 2.05) is 18.2 Å². The highest BCUT2D eigenvalue weighted by atomic mass is 35.5. The molecule has 1 saturated heterocycles. The van der Waals surface area contributed by atoms with Crippen molar-refractivity contribution >= 4 is 72.9 Å². The van der Waals surface area contributed by atoms with Crippen LogP contribution in [0, 0.1) is 0 Å². The number of anilines is 1. The van der Waals surface area contributed by atoms with Crippen LogP contribution in [0.4, 0.5) is 11.4 Å². The van der Waals surface area contributed by atoms with Crippen LogP contribution in [0.5, 0.6) is 0 Å². The number of aromatic nitrogens is 2. The Morgan fingerprint density at radius 2 is 1.85 bits per heavy atom. The number of rotatable bonds is 5. The van der Waals surface area contributed by atoms with Gasteiger partial charge in [-0.2, -0.15) is 0 Å². The van der Waals surface area contributed by atoms with Gasteiger partial charge in [-0.25, -0.2) is 13.4 Å². The number of aliphatic imine (C=N–C) groups is 1. The molecule has 0 radical (unpaired) electrons. The first kappa shape index (κ1) is 23.2. The van der Waals surface area contributed by atoms with Gasteiger partial charge in [0.1, 0.15) is 0 Å². The molecule has 8 nitrogen and oxygen atoms in total. The fourth-order valence-electron chi connectivity index (χ4n) is 3.41. The van der Waals surface area contributed by atoms with E-state index in [0.717, 1.165) is 22.9 Å². The number of nitrogens with zero attached hydrogens (tertiary/aromatic N) is 4. The zero-order valence-electron chi connectivity index (χ0n) is 18.0. The SMILES string of the molecule is CC(C)N(c1ccc(Cl)c(N=C2NC(=O)/C(=C/c3ccc4nccnc4c3)S2)c1)S(C)(=O)=O. The number of amidine groups is 1. The molecule has 33 heavy (non-hydrogen) atoms. The first-order valence-electron chi connectivity index (χ1n) is 9.91. The van der Waals surface area contributed by atoms with Crippen LogP contribution in [-0.4, -0.2) is 41.8 Å². The maximum atomic E-state index is 12.5. The van der Waals surface area contributed by atoms with Crippen molar-refractivity contribution in [2.24, 2.45) is 4.99 Å². The van der Waals surface area contributed by atoms with E-state index in [4.69, 9.17) is 11.6 Å². The van der Waals surface area contributed by atoms with Crippen LogP contribution in [0.25, 0.3) is 17.1 Å². The van der Waals surface area contributed by atoms with Gasteiger partial charge in [0, 0.05) is 18.4 Å². The summed E-state index contributed by atoms with van der Waals surface area (Å²) in [5.74, 6) is -0.287. The summed E-state index contributed by atoms with van der Waals surface area (Å²) in [4.78, 5) is 25.9. The Hall–Kier alpha value is -2.95. The summed E-state index contributed by atoms with van der Waals surface area (Å²) in [6.07, 6.45) is 6.14. The van der Waals surface area contributed by atoms with E-state index in [-0.39, 0.29) is 11.9 Å². The van der Waals surface area contributed by atoms with Gasteiger partial charge < -0.3 is 5.32 Å². The van der Waals surface area contributed by atoms with E-state index in [1.165, 1.54) is 16.1 Å². The van der Waals surface area contributed by atoms with Crippen molar-refractivity contribution in [2.45, 2.75) is 19.9 Å². The lowest BCUT2D eigenvalue weighted by atomic mass is 10.2. The largest absolute Gasteiger partial charge is 0.300 e. The molecule has 2 heterocycles. The van der Waals surface area contributed by atoms with E-state index >= 15 is 0 Å². The van der Waals surface area contributed by atoms with E-state index in [1.54, 1.807) is 50.5 Å². The number of thioether (sulfide) groups is 1. The number of amides is 1. The van der Waals surface area contributed by atoms with Gasteiger partial charge >= 0.3 is 0 Å². The van der Waals surface area contributed by atoms with E-state index < -0.39 is 10.0 Å². The molecule has 170 valence electrons. The van der Waals surface area contributed by atoms with Crippen LogP contribution >= 0.6 is 23.4 Å². The summed E-state index contributed by atoms with van der Waals surface area (Å²) in [6.45, 7) is 3.56. The molecule has 3 aromatic rings. The first-order chi connectivity index (χ1) is 15.6. The Morgan fingerprint density at radius 1 is 1.12 bits per heavy atom. The van der Waals surface area contributed by atoms with Gasteiger partial charge in [-0.15, -0.1) is 0 Å². The summed E-state index contributed by atoms with van der Waals surface area (Å²) in [5, 5.41) is 3.41. The second kappa shape index (κ2) is 9.12. The Balaban J connectivity index is 1.64. The highest BCUT2D eigenvalue weighted by molar-refractivity contribution is 8.18. The van der Waals surface area contributed by atoms with Gasteiger partial charge in [-0.3, -0.25) is 19.1 Å². The van der Waals surface area contributed by atoms with Crippen LogP contribution < -0.4 is 9.62 Å². The molecule has 4 rings (SSSR count). The Labute approximate surface area is 200 Å². The van der Waals surface area contributed by atoms with Crippen molar-refractivity contribution in [1.29, 1.82) is 0 Å². The molecule has 0 bridgehead atoms. The molecule has 1 N–H and O–H groups in total. The molecule has 0 atom stereocenters. The Bertz CT molecular complexity index is 1420. The molecule has 1 aliphatic heterocycles. The summed E-state index contributed by atoms with van der Waals surface area (Å²) in [7, 11) is -3.49.